The van der Waals surface area contributed by atoms with Gasteiger partial charge in [-0.05, 0) is 56.4 Å². The van der Waals surface area contributed by atoms with Gasteiger partial charge in [0.1, 0.15) is 42.3 Å². The van der Waals surface area contributed by atoms with E-state index in [4.69, 9.17) is 5.73 Å². The van der Waals surface area contributed by atoms with Gasteiger partial charge in [0, 0.05) is 19.3 Å². The Morgan fingerprint density at radius 2 is 0.615 bits per heavy atom. The number of hydrogen-bond acceptors (Lipinski definition) is 9. The van der Waals surface area contributed by atoms with Crippen LogP contribution in [-0.4, -0.2) is 101 Å². The molecule has 0 bridgehead atoms. The van der Waals surface area contributed by atoms with E-state index in [1.54, 1.807) is 91.0 Å². The number of carbonyl (C=O) groups excluding carboxylic acids is 7. The standard InChI is InChI=1S/C48H58N8O9/c1-29(50-44(60)37(49)25-33-17-9-5-10-18-33)41(57)54-38(26-34-19-11-6-12-20-34)45(61)51-30(2)42(58)55-39(27-35-21-13-7-14-22-35)46(62)52-31(3)43(59)56-40(28-36-23-15-8-16-24-36)47(63)53-32(4)48(64)65/h5-24,29-32,37-40H,25-28,49H2,1-4H3,(H,50,60)(H,51,61)(H,52,62)(H,53,63)(H,54,57)(H,55,58)(H,56,59)(H,64,65). The highest BCUT2D eigenvalue weighted by atomic mass is 16.4. The van der Waals surface area contributed by atoms with Crippen LogP contribution in [0.2, 0.25) is 0 Å². The molecule has 0 fully saturated rings. The summed E-state index contributed by atoms with van der Waals surface area (Å²) >= 11 is 0. The fourth-order valence-corrected chi connectivity index (χ4v) is 6.55. The molecule has 10 N–H and O–H groups in total. The van der Waals surface area contributed by atoms with Crippen molar-refractivity contribution in [3.63, 3.8) is 0 Å². The van der Waals surface area contributed by atoms with Gasteiger partial charge in [-0.25, -0.2) is 0 Å². The maximum absolute atomic E-state index is 13.9. The zero-order chi connectivity index (χ0) is 47.5. The molecule has 17 heteroatoms. The molecule has 0 aliphatic rings. The number of benzene rings is 4. The van der Waals surface area contributed by atoms with Crippen LogP contribution in [0.3, 0.4) is 0 Å². The molecular weight excluding hydrogens is 833 g/mol. The molecular formula is C48H58N8O9. The predicted molar refractivity (Wildman–Crippen MR) is 242 cm³/mol. The lowest BCUT2D eigenvalue weighted by Crippen LogP contribution is -2.59. The lowest BCUT2D eigenvalue weighted by atomic mass is 10.0. The second-order valence-electron chi connectivity index (χ2n) is 15.8. The highest BCUT2D eigenvalue weighted by molar-refractivity contribution is 5.97. The molecule has 0 radical (unpaired) electrons. The molecule has 0 aliphatic carbocycles. The number of carboxylic acid groups (broad SMARTS) is 1. The number of rotatable bonds is 23. The van der Waals surface area contributed by atoms with Crippen LogP contribution in [0, 0.1) is 0 Å². The van der Waals surface area contributed by atoms with Crippen molar-refractivity contribution in [2.45, 2.75) is 102 Å². The Kier molecular flexibility index (Phi) is 19.4. The van der Waals surface area contributed by atoms with E-state index in [1.165, 1.54) is 27.7 Å². The van der Waals surface area contributed by atoms with Gasteiger partial charge in [0.05, 0.1) is 6.04 Å². The molecule has 8 atom stereocenters. The van der Waals surface area contributed by atoms with E-state index in [9.17, 15) is 43.5 Å². The van der Waals surface area contributed by atoms with Crippen molar-refractivity contribution in [2.24, 2.45) is 5.73 Å². The summed E-state index contributed by atoms with van der Waals surface area (Å²) in [5.41, 5.74) is 9.02. The Hall–Kier alpha value is -7.40. The Labute approximate surface area is 378 Å². The SMILES string of the molecule is CC(NC(=O)C(Cc1ccccc1)NC(=O)C(C)NC(=O)C(Cc1ccccc1)NC(=O)C(C)NC(=O)C(Cc1ccccc1)NC(=O)C(C)NC(=O)C(N)Cc1ccccc1)C(=O)O. The molecule has 0 spiro atoms. The number of nitrogens with two attached hydrogens (primary N) is 1. The first-order chi connectivity index (χ1) is 31.0. The van der Waals surface area contributed by atoms with Crippen molar-refractivity contribution in [1.82, 2.24) is 37.2 Å². The van der Waals surface area contributed by atoms with Crippen molar-refractivity contribution in [3.8, 4) is 0 Å². The fraction of sp³-hybridized carbons (Fsp3) is 0.333. The van der Waals surface area contributed by atoms with E-state index in [0.29, 0.717) is 16.7 Å². The van der Waals surface area contributed by atoms with Crippen molar-refractivity contribution < 1.29 is 43.5 Å². The summed E-state index contributed by atoms with van der Waals surface area (Å²) < 4.78 is 0. The van der Waals surface area contributed by atoms with Gasteiger partial charge in [-0.2, -0.15) is 0 Å². The first-order valence-electron chi connectivity index (χ1n) is 21.3. The molecule has 8 unspecified atom stereocenters. The van der Waals surface area contributed by atoms with E-state index in [2.05, 4.69) is 37.2 Å². The van der Waals surface area contributed by atoms with Gasteiger partial charge in [-0.3, -0.25) is 38.4 Å². The van der Waals surface area contributed by atoms with E-state index in [1.807, 2.05) is 30.3 Å². The van der Waals surface area contributed by atoms with Gasteiger partial charge >= 0.3 is 5.97 Å². The van der Waals surface area contributed by atoms with Crippen molar-refractivity contribution in [2.75, 3.05) is 0 Å². The molecule has 4 aromatic rings. The first-order valence-corrected chi connectivity index (χ1v) is 21.3. The first kappa shape index (κ1) is 50.2. The molecule has 344 valence electrons. The summed E-state index contributed by atoms with van der Waals surface area (Å²) in [6.07, 6.45) is 0.295. The quantitative estimate of drug-likeness (QED) is 0.0507. The third-order valence-electron chi connectivity index (χ3n) is 10.4. The van der Waals surface area contributed by atoms with E-state index < -0.39 is 95.7 Å². The number of carbonyl (C=O) groups is 8. The van der Waals surface area contributed by atoms with Gasteiger partial charge in [-0.1, -0.05) is 121 Å². The molecule has 0 saturated heterocycles. The zero-order valence-corrected chi connectivity index (χ0v) is 36.8. The van der Waals surface area contributed by atoms with Crippen LogP contribution in [0.1, 0.15) is 49.9 Å². The normalized spacial score (nSPS) is 14.5. The maximum atomic E-state index is 13.9. The Balaban J connectivity index is 1.43. The van der Waals surface area contributed by atoms with Crippen molar-refractivity contribution >= 4 is 47.3 Å². The summed E-state index contributed by atoms with van der Waals surface area (Å²) in [6.45, 7) is 5.54. The van der Waals surface area contributed by atoms with Gasteiger partial charge in [0.25, 0.3) is 0 Å². The van der Waals surface area contributed by atoms with E-state index in [0.717, 1.165) is 5.56 Å². The van der Waals surface area contributed by atoms with Gasteiger partial charge in [0.2, 0.25) is 41.4 Å². The van der Waals surface area contributed by atoms with Crippen LogP contribution < -0.4 is 43.0 Å². The topological polar surface area (TPSA) is 267 Å². The molecule has 7 amide bonds. The zero-order valence-electron chi connectivity index (χ0n) is 36.8. The second-order valence-corrected chi connectivity index (χ2v) is 15.8. The van der Waals surface area contributed by atoms with Crippen LogP contribution >= 0.6 is 0 Å². The maximum Gasteiger partial charge on any atom is 0.325 e. The molecule has 0 heterocycles. The third kappa shape index (κ3) is 16.7. The third-order valence-corrected chi connectivity index (χ3v) is 10.4. The number of hydrogen-bond donors (Lipinski definition) is 9. The lowest BCUT2D eigenvalue weighted by molar-refractivity contribution is -0.141. The molecule has 4 rings (SSSR count). The van der Waals surface area contributed by atoms with E-state index in [-0.39, 0.29) is 25.7 Å². The molecule has 0 aliphatic heterocycles. The van der Waals surface area contributed by atoms with Crippen LogP contribution in [-0.2, 0) is 64.0 Å². The minimum absolute atomic E-state index is 0.00909. The summed E-state index contributed by atoms with van der Waals surface area (Å²) in [4.78, 5) is 106. The number of aliphatic carboxylic acids is 1. The highest BCUT2D eigenvalue weighted by Gasteiger charge is 2.32. The highest BCUT2D eigenvalue weighted by Crippen LogP contribution is 2.09. The second kappa shape index (κ2) is 25.0. The van der Waals surface area contributed by atoms with Crippen molar-refractivity contribution in [3.05, 3.63) is 144 Å². The summed E-state index contributed by atoms with van der Waals surface area (Å²) in [5.74, 6) is -6.21. The average Bonchev–Trinajstić information content (AvgIpc) is 3.29. The minimum Gasteiger partial charge on any atom is -0.480 e. The number of nitrogens with one attached hydrogen (secondary N) is 7. The number of amides is 7. The molecule has 65 heavy (non-hydrogen) atoms. The smallest absolute Gasteiger partial charge is 0.325 e. The largest absolute Gasteiger partial charge is 0.480 e. The van der Waals surface area contributed by atoms with Crippen LogP contribution in [0.15, 0.2) is 121 Å². The Bertz CT molecular complexity index is 2230. The fourth-order valence-electron chi connectivity index (χ4n) is 6.55. The number of carboxylic acids is 1. The van der Waals surface area contributed by atoms with Crippen molar-refractivity contribution in [1.29, 1.82) is 0 Å². The Morgan fingerprint density at radius 1 is 0.369 bits per heavy atom. The summed E-state index contributed by atoms with van der Waals surface area (Å²) in [6, 6.07) is 26.2. The van der Waals surface area contributed by atoms with Crippen LogP contribution in [0.4, 0.5) is 0 Å². The summed E-state index contributed by atoms with van der Waals surface area (Å²) in [7, 11) is 0. The molecule has 17 nitrogen and oxygen atoms in total. The van der Waals surface area contributed by atoms with Crippen LogP contribution in [0.5, 0.6) is 0 Å². The Morgan fingerprint density at radius 3 is 0.892 bits per heavy atom. The molecule has 4 aromatic carbocycles. The van der Waals surface area contributed by atoms with Crippen LogP contribution in [0.25, 0.3) is 0 Å². The minimum atomic E-state index is -1.27. The van der Waals surface area contributed by atoms with Gasteiger partial charge < -0.3 is 48.1 Å². The molecule has 0 aromatic heterocycles. The van der Waals surface area contributed by atoms with E-state index >= 15 is 0 Å². The molecule has 0 saturated carbocycles. The summed E-state index contributed by atoms with van der Waals surface area (Å²) in [5, 5.41) is 27.5. The average molecular weight is 891 g/mol. The lowest BCUT2D eigenvalue weighted by Gasteiger charge is -2.26. The van der Waals surface area contributed by atoms with Gasteiger partial charge in [-0.15, -0.1) is 0 Å². The predicted octanol–water partition coefficient (Wildman–Crippen LogP) is 0.842. The monoisotopic (exact) mass is 890 g/mol. The van der Waals surface area contributed by atoms with Gasteiger partial charge in [0.15, 0.2) is 0 Å².